The molecule has 6 nitrogen and oxygen atoms in total. The molecule has 0 aliphatic heterocycles. The summed E-state index contributed by atoms with van der Waals surface area (Å²) in [5.74, 6) is -0.934. The molecule has 16 heavy (non-hydrogen) atoms. The summed E-state index contributed by atoms with van der Waals surface area (Å²) in [6.07, 6.45) is 2.76. The van der Waals surface area contributed by atoms with E-state index in [0.29, 0.717) is 19.3 Å². The Morgan fingerprint density at radius 2 is 1.88 bits per heavy atom. The zero-order valence-corrected chi connectivity index (χ0v) is 10.1. The van der Waals surface area contributed by atoms with Gasteiger partial charge in [-0.2, -0.15) is 0 Å². The molecule has 0 unspecified atom stereocenters. The summed E-state index contributed by atoms with van der Waals surface area (Å²) in [5.41, 5.74) is 0. The van der Waals surface area contributed by atoms with Crippen LogP contribution >= 0.6 is 0 Å². The van der Waals surface area contributed by atoms with Gasteiger partial charge in [-0.3, -0.25) is 14.3 Å². The highest BCUT2D eigenvalue weighted by Gasteiger charge is 2.31. The predicted octanol–water partition coefficient (Wildman–Crippen LogP) is -0.633. The van der Waals surface area contributed by atoms with Crippen LogP contribution in [0, 0.1) is 5.92 Å². The molecule has 2 atom stereocenters. The van der Waals surface area contributed by atoms with Crippen LogP contribution in [-0.2, 0) is 19.6 Å². The average molecular weight is 248 g/mol. The molecule has 0 aromatic carbocycles. The van der Waals surface area contributed by atoms with Crippen molar-refractivity contribution < 1.29 is 18.0 Å². The molecule has 0 aromatic heterocycles. The summed E-state index contributed by atoms with van der Waals surface area (Å²) in [4.78, 5) is 22.3. The summed E-state index contributed by atoms with van der Waals surface area (Å²) in [6, 6.07) is -0.0205. The molecule has 2 N–H and O–H groups in total. The Hall–Kier alpha value is -1.11. The number of hydrogen-bond acceptors (Lipinski definition) is 4. The number of rotatable bonds is 3. The summed E-state index contributed by atoms with van der Waals surface area (Å²) in [7, 11) is -3.49. The van der Waals surface area contributed by atoms with Crippen LogP contribution in [0.5, 0.6) is 0 Å². The molecular weight excluding hydrogens is 232 g/mol. The summed E-state index contributed by atoms with van der Waals surface area (Å²) in [5, 5.41) is 2.72. The summed E-state index contributed by atoms with van der Waals surface area (Å²) >= 11 is 0. The summed E-state index contributed by atoms with van der Waals surface area (Å²) in [6.45, 7) is 1.42. The second-order valence-electron chi connectivity index (χ2n) is 4.15. The fourth-order valence-corrected chi connectivity index (χ4v) is 2.44. The molecular formula is C9H16N2O4S. The Morgan fingerprint density at radius 1 is 1.25 bits per heavy atom. The maximum Gasteiger partial charge on any atom is 0.236 e. The molecule has 0 aromatic rings. The minimum Gasteiger partial charge on any atom is -0.354 e. The van der Waals surface area contributed by atoms with Gasteiger partial charge in [0.25, 0.3) is 0 Å². The standard InChI is InChI=1S/C9H16N2O4S/c1-6(12)10-8-4-3-7(5-8)9(13)11-16(2,14)15/h7-8H,3-5H2,1-2H3,(H,10,12)(H,11,13)/t7-,8+/m0/s1. The fourth-order valence-electron chi connectivity index (χ4n) is 1.90. The van der Waals surface area contributed by atoms with Crippen LogP contribution in [0.1, 0.15) is 26.2 Å². The van der Waals surface area contributed by atoms with Crippen LogP contribution in [0.3, 0.4) is 0 Å². The SMILES string of the molecule is CC(=O)N[C@@H]1CC[C@H](C(=O)NS(C)(=O)=O)C1. The number of carbonyl (C=O) groups excluding carboxylic acids is 2. The first-order chi connectivity index (χ1) is 7.28. The number of nitrogens with one attached hydrogen (secondary N) is 2. The van der Waals surface area contributed by atoms with Gasteiger partial charge in [0.05, 0.1) is 6.26 Å². The zero-order valence-electron chi connectivity index (χ0n) is 9.32. The second-order valence-corrected chi connectivity index (χ2v) is 5.89. The molecule has 0 bridgehead atoms. The van der Waals surface area contributed by atoms with Gasteiger partial charge in [-0.05, 0) is 19.3 Å². The third-order valence-electron chi connectivity index (χ3n) is 2.50. The molecule has 0 spiro atoms. The molecule has 1 saturated carbocycles. The van der Waals surface area contributed by atoms with Gasteiger partial charge < -0.3 is 5.32 Å². The van der Waals surface area contributed by atoms with Crippen molar-refractivity contribution in [2.45, 2.75) is 32.2 Å². The first kappa shape index (κ1) is 13.0. The summed E-state index contributed by atoms with van der Waals surface area (Å²) < 4.78 is 23.7. The largest absolute Gasteiger partial charge is 0.354 e. The van der Waals surface area contributed by atoms with Gasteiger partial charge in [0.1, 0.15) is 0 Å². The van der Waals surface area contributed by atoms with E-state index < -0.39 is 15.9 Å². The average Bonchev–Trinajstić information content (AvgIpc) is 2.48. The van der Waals surface area contributed by atoms with Gasteiger partial charge in [-0.1, -0.05) is 0 Å². The van der Waals surface area contributed by atoms with Gasteiger partial charge in [0.15, 0.2) is 0 Å². The molecule has 0 radical (unpaired) electrons. The Morgan fingerprint density at radius 3 is 2.38 bits per heavy atom. The van der Waals surface area contributed by atoms with E-state index >= 15 is 0 Å². The number of amides is 2. The van der Waals surface area contributed by atoms with Gasteiger partial charge >= 0.3 is 0 Å². The fraction of sp³-hybridized carbons (Fsp3) is 0.778. The second kappa shape index (κ2) is 4.82. The van der Waals surface area contributed by atoms with Crippen molar-refractivity contribution >= 4 is 21.8 Å². The van der Waals surface area contributed by atoms with Crippen molar-refractivity contribution in [2.75, 3.05) is 6.26 Å². The van der Waals surface area contributed by atoms with Crippen molar-refractivity contribution in [3.8, 4) is 0 Å². The quantitative estimate of drug-likeness (QED) is 0.695. The van der Waals surface area contributed by atoms with Gasteiger partial charge in [0.2, 0.25) is 21.8 Å². The highest BCUT2D eigenvalue weighted by Crippen LogP contribution is 2.25. The van der Waals surface area contributed by atoms with Crippen LogP contribution in [-0.4, -0.2) is 32.5 Å². The number of hydrogen-bond donors (Lipinski definition) is 2. The molecule has 1 rings (SSSR count). The number of sulfonamides is 1. The van der Waals surface area contributed by atoms with E-state index in [1.165, 1.54) is 6.92 Å². The van der Waals surface area contributed by atoms with Crippen LogP contribution in [0.15, 0.2) is 0 Å². The third kappa shape index (κ3) is 4.18. The highest BCUT2D eigenvalue weighted by atomic mass is 32.2. The predicted molar refractivity (Wildman–Crippen MR) is 57.9 cm³/mol. The van der Waals surface area contributed by atoms with Gasteiger partial charge in [0, 0.05) is 18.9 Å². The molecule has 1 aliphatic carbocycles. The van der Waals surface area contributed by atoms with Crippen molar-refractivity contribution in [2.24, 2.45) is 5.92 Å². The van der Waals surface area contributed by atoms with Crippen molar-refractivity contribution in [1.82, 2.24) is 10.0 Å². The van der Waals surface area contributed by atoms with E-state index in [9.17, 15) is 18.0 Å². The van der Waals surface area contributed by atoms with E-state index in [0.717, 1.165) is 6.26 Å². The molecule has 0 saturated heterocycles. The van der Waals surface area contributed by atoms with Crippen molar-refractivity contribution in [3.05, 3.63) is 0 Å². The Kier molecular flexibility index (Phi) is 3.90. The monoisotopic (exact) mass is 248 g/mol. The normalized spacial score (nSPS) is 25.1. The van der Waals surface area contributed by atoms with Crippen LogP contribution < -0.4 is 10.0 Å². The minimum atomic E-state index is -3.49. The molecule has 7 heteroatoms. The molecule has 2 amide bonds. The van der Waals surface area contributed by atoms with Crippen LogP contribution in [0.4, 0.5) is 0 Å². The van der Waals surface area contributed by atoms with Crippen molar-refractivity contribution in [1.29, 1.82) is 0 Å². The Labute approximate surface area is 94.8 Å². The van der Waals surface area contributed by atoms with Crippen LogP contribution in [0.2, 0.25) is 0 Å². The molecule has 1 fully saturated rings. The highest BCUT2D eigenvalue weighted by molar-refractivity contribution is 7.89. The zero-order chi connectivity index (χ0) is 12.3. The lowest BCUT2D eigenvalue weighted by molar-refractivity contribution is -0.123. The lowest BCUT2D eigenvalue weighted by atomic mass is 10.1. The van der Waals surface area contributed by atoms with Crippen molar-refractivity contribution in [3.63, 3.8) is 0 Å². The van der Waals surface area contributed by atoms with Gasteiger partial charge in [-0.25, -0.2) is 8.42 Å². The lowest BCUT2D eigenvalue weighted by Gasteiger charge is -2.11. The molecule has 1 aliphatic rings. The number of carbonyl (C=O) groups is 2. The Bertz CT molecular complexity index is 390. The smallest absolute Gasteiger partial charge is 0.236 e. The maximum atomic E-state index is 11.5. The topological polar surface area (TPSA) is 92.3 Å². The van der Waals surface area contributed by atoms with E-state index in [2.05, 4.69) is 5.32 Å². The van der Waals surface area contributed by atoms with E-state index in [1.807, 2.05) is 4.72 Å². The first-order valence-electron chi connectivity index (χ1n) is 5.06. The Balaban J connectivity index is 2.47. The van der Waals surface area contributed by atoms with Crippen LogP contribution in [0.25, 0.3) is 0 Å². The maximum absolute atomic E-state index is 11.5. The lowest BCUT2D eigenvalue weighted by Crippen LogP contribution is -2.36. The van der Waals surface area contributed by atoms with E-state index in [1.54, 1.807) is 0 Å². The van der Waals surface area contributed by atoms with E-state index in [-0.39, 0.29) is 17.9 Å². The van der Waals surface area contributed by atoms with E-state index in [4.69, 9.17) is 0 Å². The molecule has 0 heterocycles. The van der Waals surface area contributed by atoms with Gasteiger partial charge in [-0.15, -0.1) is 0 Å². The first-order valence-corrected chi connectivity index (χ1v) is 6.96. The molecule has 92 valence electrons. The minimum absolute atomic E-state index is 0.0205. The third-order valence-corrected chi connectivity index (χ3v) is 3.07.